The quantitative estimate of drug-likeness (QED) is 0.638. The molecule has 0 amide bonds. The van der Waals surface area contributed by atoms with E-state index in [-0.39, 0.29) is 12.6 Å². The molecule has 0 fully saturated rings. The molecule has 5 nitrogen and oxygen atoms in total. The minimum atomic E-state index is -0.0266. The summed E-state index contributed by atoms with van der Waals surface area (Å²) in [4.78, 5) is 0. The number of aliphatic hydroxyl groups is 1. The maximum atomic E-state index is 8.93. The number of ether oxygens (including phenoxy) is 1. The van der Waals surface area contributed by atoms with Crippen LogP contribution in [0.5, 0.6) is 0 Å². The number of benzene rings is 1. The van der Waals surface area contributed by atoms with Crippen LogP contribution in [0.4, 0.5) is 11.4 Å². The number of nitrogens with zero attached hydrogens (tertiary/aromatic N) is 1. The third kappa shape index (κ3) is 3.94. The summed E-state index contributed by atoms with van der Waals surface area (Å²) < 4.78 is 5.05. The Bertz CT molecular complexity index is 395. The SMILES string of the molecule is COCC(CCO)Nc1cc(C#N)ccc1N. The summed E-state index contributed by atoms with van der Waals surface area (Å²) in [5.74, 6) is 0. The lowest BCUT2D eigenvalue weighted by molar-refractivity contribution is 0.170. The number of rotatable bonds is 6. The fraction of sp³-hybridized carbons (Fsp3) is 0.417. The molecule has 92 valence electrons. The summed E-state index contributed by atoms with van der Waals surface area (Å²) in [7, 11) is 1.60. The highest BCUT2D eigenvalue weighted by Gasteiger charge is 2.10. The van der Waals surface area contributed by atoms with Crippen molar-refractivity contribution < 1.29 is 9.84 Å². The molecule has 1 aromatic carbocycles. The monoisotopic (exact) mass is 235 g/mol. The summed E-state index contributed by atoms with van der Waals surface area (Å²) in [6, 6.07) is 7.07. The second-order valence-electron chi connectivity index (χ2n) is 3.72. The first-order valence-electron chi connectivity index (χ1n) is 5.37. The Morgan fingerprint density at radius 2 is 2.35 bits per heavy atom. The zero-order valence-corrected chi connectivity index (χ0v) is 9.81. The van der Waals surface area contributed by atoms with Crippen LogP contribution in [-0.4, -0.2) is 31.5 Å². The number of anilines is 2. The molecule has 17 heavy (non-hydrogen) atoms. The minimum Gasteiger partial charge on any atom is -0.397 e. The Balaban J connectivity index is 2.80. The van der Waals surface area contributed by atoms with Gasteiger partial charge in [0.15, 0.2) is 0 Å². The van der Waals surface area contributed by atoms with E-state index < -0.39 is 0 Å². The van der Waals surface area contributed by atoms with Gasteiger partial charge in [-0.15, -0.1) is 0 Å². The van der Waals surface area contributed by atoms with E-state index in [1.165, 1.54) is 0 Å². The van der Waals surface area contributed by atoms with Crippen molar-refractivity contribution in [3.63, 3.8) is 0 Å². The third-order valence-corrected chi connectivity index (χ3v) is 2.39. The molecule has 5 heteroatoms. The number of nitrogens with two attached hydrogens (primary N) is 1. The maximum Gasteiger partial charge on any atom is 0.0992 e. The molecule has 1 aromatic rings. The number of aliphatic hydroxyl groups excluding tert-OH is 1. The van der Waals surface area contributed by atoms with E-state index >= 15 is 0 Å². The molecule has 0 heterocycles. The number of nitriles is 1. The number of hydrogen-bond donors (Lipinski definition) is 3. The predicted octanol–water partition coefficient (Wildman–Crippen LogP) is 0.950. The van der Waals surface area contributed by atoms with E-state index in [1.54, 1.807) is 25.3 Å². The smallest absolute Gasteiger partial charge is 0.0992 e. The van der Waals surface area contributed by atoms with Gasteiger partial charge in [0.1, 0.15) is 0 Å². The topological polar surface area (TPSA) is 91.3 Å². The van der Waals surface area contributed by atoms with Crippen molar-refractivity contribution in [2.45, 2.75) is 12.5 Å². The van der Waals surface area contributed by atoms with Crippen molar-refractivity contribution in [1.29, 1.82) is 5.26 Å². The number of methoxy groups -OCH3 is 1. The van der Waals surface area contributed by atoms with E-state index in [9.17, 15) is 0 Å². The fourth-order valence-corrected chi connectivity index (χ4v) is 1.52. The van der Waals surface area contributed by atoms with Gasteiger partial charge in [-0.1, -0.05) is 0 Å². The Labute approximate surface area is 101 Å². The molecule has 0 saturated carbocycles. The van der Waals surface area contributed by atoms with Gasteiger partial charge in [0.25, 0.3) is 0 Å². The van der Waals surface area contributed by atoms with Crippen LogP contribution < -0.4 is 11.1 Å². The molecule has 0 radical (unpaired) electrons. The molecule has 0 saturated heterocycles. The van der Waals surface area contributed by atoms with Crippen LogP contribution in [0, 0.1) is 11.3 Å². The largest absolute Gasteiger partial charge is 0.397 e. The molecule has 0 aliphatic carbocycles. The summed E-state index contributed by atoms with van der Waals surface area (Å²) in [5.41, 5.74) is 7.62. The van der Waals surface area contributed by atoms with Crippen molar-refractivity contribution in [2.75, 3.05) is 31.4 Å². The predicted molar refractivity (Wildman–Crippen MR) is 66.6 cm³/mol. The van der Waals surface area contributed by atoms with Crippen LogP contribution in [-0.2, 0) is 4.74 Å². The van der Waals surface area contributed by atoms with Crippen molar-refractivity contribution in [1.82, 2.24) is 0 Å². The van der Waals surface area contributed by atoms with Crippen LogP contribution in [0.25, 0.3) is 0 Å². The molecule has 0 spiro atoms. The van der Waals surface area contributed by atoms with Crippen molar-refractivity contribution >= 4 is 11.4 Å². The minimum absolute atomic E-state index is 0.0266. The van der Waals surface area contributed by atoms with Crippen LogP contribution in [0.1, 0.15) is 12.0 Å². The molecule has 0 aromatic heterocycles. The Kier molecular flexibility index (Phi) is 5.27. The van der Waals surface area contributed by atoms with Gasteiger partial charge < -0.3 is 20.9 Å². The van der Waals surface area contributed by atoms with E-state index in [4.69, 9.17) is 20.8 Å². The van der Waals surface area contributed by atoms with Crippen LogP contribution in [0.15, 0.2) is 18.2 Å². The summed E-state index contributed by atoms with van der Waals surface area (Å²) in [5, 5.41) is 20.9. The van der Waals surface area contributed by atoms with Gasteiger partial charge in [0, 0.05) is 13.7 Å². The zero-order valence-electron chi connectivity index (χ0n) is 9.81. The highest BCUT2D eigenvalue weighted by atomic mass is 16.5. The summed E-state index contributed by atoms with van der Waals surface area (Å²) >= 11 is 0. The molecular formula is C12H17N3O2. The average Bonchev–Trinajstić information content (AvgIpc) is 2.32. The summed E-state index contributed by atoms with van der Waals surface area (Å²) in [6.07, 6.45) is 0.560. The summed E-state index contributed by atoms with van der Waals surface area (Å²) in [6.45, 7) is 0.537. The van der Waals surface area contributed by atoms with Crippen molar-refractivity contribution in [3.8, 4) is 6.07 Å². The molecule has 4 N–H and O–H groups in total. The third-order valence-electron chi connectivity index (χ3n) is 2.39. The lowest BCUT2D eigenvalue weighted by Gasteiger charge is -2.19. The number of hydrogen-bond acceptors (Lipinski definition) is 5. The highest BCUT2D eigenvalue weighted by molar-refractivity contribution is 5.68. The molecule has 0 aliphatic heterocycles. The molecule has 1 atom stereocenters. The van der Waals surface area contributed by atoms with Gasteiger partial charge in [0.2, 0.25) is 0 Å². The van der Waals surface area contributed by atoms with Crippen LogP contribution in [0.3, 0.4) is 0 Å². The maximum absolute atomic E-state index is 8.93. The molecule has 0 bridgehead atoms. The van der Waals surface area contributed by atoms with Gasteiger partial charge in [-0.3, -0.25) is 0 Å². The average molecular weight is 235 g/mol. The van der Waals surface area contributed by atoms with Gasteiger partial charge >= 0.3 is 0 Å². The van der Waals surface area contributed by atoms with Crippen LogP contribution in [0.2, 0.25) is 0 Å². The molecule has 1 unspecified atom stereocenters. The van der Waals surface area contributed by atoms with E-state index in [2.05, 4.69) is 11.4 Å². The zero-order chi connectivity index (χ0) is 12.7. The first-order chi connectivity index (χ1) is 8.21. The Hall–Kier alpha value is -1.77. The van der Waals surface area contributed by atoms with Gasteiger partial charge in [-0.25, -0.2) is 0 Å². The van der Waals surface area contributed by atoms with E-state index in [1.807, 2.05) is 0 Å². The second kappa shape index (κ2) is 6.74. The first kappa shape index (κ1) is 13.3. The Morgan fingerprint density at radius 3 is 2.94 bits per heavy atom. The lowest BCUT2D eigenvalue weighted by atomic mass is 10.1. The standard InChI is InChI=1S/C12H17N3O2/c1-17-8-10(4-5-16)15-12-6-9(7-13)2-3-11(12)14/h2-3,6,10,15-16H,4-5,8,14H2,1H3. The molecule has 0 aliphatic rings. The first-order valence-corrected chi connectivity index (χ1v) is 5.37. The number of nitrogens with one attached hydrogen (secondary N) is 1. The Morgan fingerprint density at radius 1 is 1.59 bits per heavy atom. The molecule has 1 rings (SSSR count). The van der Waals surface area contributed by atoms with Crippen LogP contribution >= 0.6 is 0 Å². The molecular weight excluding hydrogens is 218 g/mol. The van der Waals surface area contributed by atoms with Gasteiger partial charge in [0.05, 0.1) is 35.7 Å². The van der Waals surface area contributed by atoms with Gasteiger partial charge in [-0.05, 0) is 24.6 Å². The van der Waals surface area contributed by atoms with Crippen molar-refractivity contribution in [2.24, 2.45) is 0 Å². The second-order valence-corrected chi connectivity index (χ2v) is 3.72. The van der Waals surface area contributed by atoms with Crippen molar-refractivity contribution in [3.05, 3.63) is 23.8 Å². The normalized spacial score (nSPS) is 11.8. The highest BCUT2D eigenvalue weighted by Crippen LogP contribution is 2.21. The fourth-order valence-electron chi connectivity index (χ4n) is 1.52. The van der Waals surface area contributed by atoms with Gasteiger partial charge in [-0.2, -0.15) is 5.26 Å². The lowest BCUT2D eigenvalue weighted by Crippen LogP contribution is -2.26. The van der Waals surface area contributed by atoms with E-state index in [0.717, 1.165) is 0 Å². The van der Waals surface area contributed by atoms with E-state index in [0.29, 0.717) is 30.0 Å². The number of nitrogen functional groups attached to an aromatic ring is 1.